The van der Waals surface area contributed by atoms with Crippen molar-refractivity contribution >= 4 is 17.8 Å². The van der Waals surface area contributed by atoms with Crippen LogP contribution >= 0.6 is 0 Å². The maximum Gasteiger partial charge on any atom is 0.306 e. The van der Waals surface area contributed by atoms with Crippen molar-refractivity contribution in [1.29, 1.82) is 10.8 Å². The van der Waals surface area contributed by atoms with Crippen molar-refractivity contribution in [2.24, 2.45) is 0 Å². The van der Waals surface area contributed by atoms with Crippen LogP contribution in [0.5, 0.6) is 0 Å². The van der Waals surface area contributed by atoms with Crippen LogP contribution in [0, 0.1) is 10.8 Å². The van der Waals surface area contributed by atoms with E-state index >= 15 is 0 Å². The lowest BCUT2D eigenvalue weighted by atomic mass is 10.3. The summed E-state index contributed by atoms with van der Waals surface area (Å²) in [4.78, 5) is 14.6. The number of rotatable bonds is 7. The molecule has 0 radical (unpaired) electrons. The van der Waals surface area contributed by atoms with Gasteiger partial charge in [-0.05, 0) is 6.08 Å². The number of esters is 1. The van der Waals surface area contributed by atoms with Crippen molar-refractivity contribution < 1.29 is 24.4 Å². The van der Waals surface area contributed by atoms with Crippen molar-refractivity contribution in [3.05, 3.63) is 12.7 Å². The Morgan fingerprint density at radius 1 is 1.25 bits per heavy atom. The molecule has 0 aliphatic rings. The van der Waals surface area contributed by atoms with Crippen molar-refractivity contribution in [2.45, 2.75) is 12.8 Å². The van der Waals surface area contributed by atoms with Gasteiger partial charge in [-0.2, -0.15) is 0 Å². The van der Waals surface area contributed by atoms with Crippen molar-refractivity contribution in [3.63, 3.8) is 0 Å². The molecule has 0 bridgehead atoms. The Morgan fingerprint density at radius 3 is 2.44 bits per heavy atom. The largest absolute Gasteiger partial charge is 0.474 e. The average Bonchev–Trinajstić information content (AvgIpc) is 2.31. The molecule has 0 amide bonds. The third-order valence-electron chi connectivity index (χ3n) is 1.46. The van der Waals surface area contributed by atoms with E-state index in [0.717, 1.165) is 0 Å². The zero-order valence-electron chi connectivity index (χ0n) is 8.69. The molecule has 0 saturated carbocycles. The first-order chi connectivity index (χ1) is 7.60. The highest BCUT2D eigenvalue weighted by Crippen LogP contribution is 1.95. The number of carbonyl (C=O) groups is 1. The number of nitrogens with one attached hydrogen (secondary N) is 2. The van der Waals surface area contributed by atoms with Crippen LogP contribution in [0.15, 0.2) is 12.7 Å². The van der Waals surface area contributed by atoms with Gasteiger partial charge in [-0.25, -0.2) is 5.26 Å². The molecule has 0 aliphatic carbocycles. The molecule has 90 valence electrons. The van der Waals surface area contributed by atoms with Crippen LogP contribution in [0.3, 0.4) is 0 Å². The van der Waals surface area contributed by atoms with Gasteiger partial charge >= 0.3 is 5.97 Å². The Hall–Kier alpha value is -1.89. The van der Waals surface area contributed by atoms with E-state index in [0.29, 0.717) is 0 Å². The minimum Gasteiger partial charge on any atom is -0.474 e. The molecule has 0 spiro atoms. The molecule has 0 atom stereocenters. The third-order valence-corrected chi connectivity index (χ3v) is 1.46. The summed E-state index contributed by atoms with van der Waals surface area (Å²) in [5.41, 5.74) is 0. The van der Waals surface area contributed by atoms with Gasteiger partial charge in [-0.1, -0.05) is 6.58 Å². The summed E-state index contributed by atoms with van der Waals surface area (Å²) in [6, 6.07) is 0. The summed E-state index contributed by atoms with van der Waals surface area (Å²) in [5, 5.41) is 21.9. The molecule has 0 aromatic rings. The quantitative estimate of drug-likeness (QED) is 0.150. The maximum absolute atomic E-state index is 11.0. The zero-order chi connectivity index (χ0) is 12.4. The van der Waals surface area contributed by atoms with Crippen LogP contribution in [0.25, 0.3) is 0 Å². The van der Waals surface area contributed by atoms with Crippen LogP contribution in [0.4, 0.5) is 0 Å². The van der Waals surface area contributed by atoms with Gasteiger partial charge in [-0.15, -0.1) is 0 Å². The first-order valence-electron chi connectivity index (χ1n) is 4.48. The maximum atomic E-state index is 11.0. The van der Waals surface area contributed by atoms with Crippen LogP contribution in [0.2, 0.25) is 0 Å². The lowest BCUT2D eigenvalue weighted by molar-refractivity contribution is -0.159. The highest BCUT2D eigenvalue weighted by molar-refractivity contribution is 5.84. The summed E-state index contributed by atoms with van der Waals surface area (Å²) in [7, 11) is 0. The normalized spacial score (nSPS) is 9.06. The highest BCUT2D eigenvalue weighted by Gasteiger charge is 2.06. The smallest absolute Gasteiger partial charge is 0.306 e. The monoisotopic (exact) mass is 230 g/mol. The standard InChI is InChI=1S/C9H14N2O5/c1-2-7(10)14-5-6-15-9(12)4-3-8(11)16-13/h2,10-11,13H,1,3-6H2. The number of hydrogen-bond donors (Lipinski definition) is 3. The Kier molecular flexibility index (Phi) is 7.43. The molecule has 0 unspecified atom stereocenters. The van der Waals surface area contributed by atoms with Crippen LogP contribution < -0.4 is 0 Å². The van der Waals surface area contributed by atoms with E-state index in [9.17, 15) is 4.79 Å². The third kappa shape index (κ3) is 7.51. The Bertz CT molecular complexity index is 277. The van der Waals surface area contributed by atoms with E-state index in [1.54, 1.807) is 0 Å². The van der Waals surface area contributed by atoms with Crippen LogP contribution in [0.1, 0.15) is 12.8 Å². The van der Waals surface area contributed by atoms with Gasteiger partial charge in [0, 0.05) is 6.42 Å². The molecule has 7 heteroatoms. The minimum absolute atomic E-state index is 0.0162. The molecule has 0 aliphatic heterocycles. The summed E-state index contributed by atoms with van der Waals surface area (Å²) < 4.78 is 9.47. The van der Waals surface area contributed by atoms with Crippen LogP contribution in [-0.4, -0.2) is 36.2 Å². The van der Waals surface area contributed by atoms with E-state index in [-0.39, 0.29) is 32.0 Å². The first-order valence-corrected chi connectivity index (χ1v) is 4.48. The molecule has 0 saturated heterocycles. The average molecular weight is 230 g/mol. The predicted molar refractivity (Wildman–Crippen MR) is 55.5 cm³/mol. The lowest BCUT2D eigenvalue weighted by Crippen LogP contribution is -2.13. The summed E-state index contributed by atoms with van der Waals surface area (Å²) in [5.74, 6) is -1.02. The van der Waals surface area contributed by atoms with Gasteiger partial charge < -0.3 is 14.4 Å². The molecule has 0 rings (SSSR count). The number of ether oxygens (including phenoxy) is 2. The van der Waals surface area contributed by atoms with Gasteiger partial charge in [0.1, 0.15) is 13.2 Å². The second-order valence-corrected chi connectivity index (χ2v) is 2.65. The van der Waals surface area contributed by atoms with E-state index in [4.69, 9.17) is 25.5 Å². The zero-order valence-corrected chi connectivity index (χ0v) is 8.69. The van der Waals surface area contributed by atoms with E-state index in [2.05, 4.69) is 11.5 Å². The molecule has 7 nitrogen and oxygen atoms in total. The van der Waals surface area contributed by atoms with Crippen molar-refractivity contribution in [3.8, 4) is 0 Å². The predicted octanol–water partition coefficient (Wildman–Crippen LogP) is 0.957. The van der Waals surface area contributed by atoms with E-state index < -0.39 is 11.9 Å². The topological polar surface area (TPSA) is 113 Å². The fourth-order valence-corrected chi connectivity index (χ4v) is 0.699. The molecule has 0 aromatic carbocycles. The molecular weight excluding hydrogens is 216 g/mol. The van der Waals surface area contributed by atoms with Crippen molar-refractivity contribution in [1.82, 2.24) is 0 Å². The number of carbonyl (C=O) groups excluding carboxylic acids is 1. The Balaban J connectivity index is 3.47. The summed E-state index contributed by atoms with van der Waals surface area (Å²) in [6.07, 6.45) is 1.14. The summed E-state index contributed by atoms with van der Waals surface area (Å²) in [6.45, 7) is 3.40. The minimum atomic E-state index is -0.532. The molecule has 0 fully saturated rings. The second kappa shape index (κ2) is 8.42. The van der Waals surface area contributed by atoms with Gasteiger partial charge in [0.05, 0.1) is 6.42 Å². The van der Waals surface area contributed by atoms with E-state index in [1.165, 1.54) is 6.08 Å². The van der Waals surface area contributed by atoms with Crippen LogP contribution in [-0.2, 0) is 19.2 Å². The van der Waals surface area contributed by atoms with Gasteiger partial charge in [0.15, 0.2) is 0 Å². The molecule has 0 heterocycles. The first kappa shape index (κ1) is 14.1. The van der Waals surface area contributed by atoms with Gasteiger partial charge in [0.2, 0.25) is 11.8 Å². The Labute approximate surface area is 92.6 Å². The van der Waals surface area contributed by atoms with Gasteiger partial charge in [0.25, 0.3) is 0 Å². The Morgan fingerprint density at radius 2 is 1.88 bits per heavy atom. The molecular formula is C9H14N2O5. The molecule has 0 aromatic heterocycles. The van der Waals surface area contributed by atoms with Crippen molar-refractivity contribution in [2.75, 3.05) is 13.2 Å². The van der Waals surface area contributed by atoms with Gasteiger partial charge in [-0.3, -0.25) is 15.6 Å². The molecule has 3 N–H and O–H groups in total. The highest BCUT2D eigenvalue weighted by atomic mass is 17.1. The number of hydrogen-bond acceptors (Lipinski definition) is 7. The fraction of sp³-hybridized carbons (Fsp3) is 0.444. The lowest BCUT2D eigenvalue weighted by Gasteiger charge is -2.05. The fourth-order valence-electron chi connectivity index (χ4n) is 0.699. The summed E-state index contributed by atoms with van der Waals surface area (Å²) >= 11 is 0. The SMILES string of the molecule is C=CC(=N)OCCOC(=O)CCC(=N)OO. The second-order valence-electron chi connectivity index (χ2n) is 2.65. The molecule has 16 heavy (non-hydrogen) atoms. The van der Waals surface area contributed by atoms with E-state index in [1.807, 2.05) is 0 Å².